The van der Waals surface area contributed by atoms with Crippen LogP contribution in [0.4, 0.5) is 14.5 Å². The molecule has 0 radical (unpaired) electrons. The van der Waals surface area contributed by atoms with Crippen LogP contribution in [0.2, 0.25) is 0 Å². The zero-order valence-electron chi connectivity index (χ0n) is 12.7. The van der Waals surface area contributed by atoms with E-state index in [-0.39, 0.29) is 23.2 Å². The van der Waals surface area contributed by atoms with E-state index in [2.05, 4.69) is 10.6 Å². The largest absolute Gasteiger partial charge is 0.350 e. The van der Waals surface area contributed by atoms with Gasteiger partial charge in [0, 0.05) is 23.2 Å². The van der Waals surface area contributed by atoms with E-state index in [4.69, 9.17) is 0 Å². The van der Waals surface area contributed by atoms with Gasteiger partial charge < -0.3 is 10.6 Å². The fourth-order valence-electron chi connectivity index (χ4n) is 1.93. The first kappa shape index (κ1) is 16.6. The Morgan fingerprint density at radius 2 is 1.61 bits per heavy atom. The fourth-order valence-corrected chi connectivity index (χ4v) is 1.93. The Hall–Kier alpha value is -2.76. The molecule has 0 aromatic heterocycles. The van der Waals surface area contributed by atoms with Gasteiger partial charge in [0.15, 0.2) is 0 Å². The van der Waals surface area contributed by atoms with Crippen molar-refractivity contribution in [2.45, 2.75) is 19.9 Å². The molecule has 0 aliphatic heterocycles. The topological polar surface area (TPSA) is 58.2 Å². The van der Waals surface area contributed by atoms with Crippen molar-refractivity contribution in [3.63, 3.8) is 0 Å². The summed E-state index contributed by atoms with van der Waals surface area (Å²) in [6.07, 6.45) is 0. The van der Waals surface area contributed by atoms with Crippen molar-refractivity contribution < 1.29 is 18.4 Å². The van der Waals surface area contributed by atoms with Crippen LogP contribution in [0.25, 0.3) is 0 Å². The molecular formula is C17H16F2N2O2. The van der Waals surface area contributed by atoms with Gasteiger partial charge in [-0.15, -0.1) is 0 Å². The molecule has 0 saturated heterocycles. The molecule has 2 aromatic carbocycles. The van der Waals surface area contributed by atoms with Crippen LogP contribution >= 0.6 is 0 Å². The van der Waals surface area contributed by atoms with Gasteiger partial charge in [0.1, 0.15) is 11.6 Å². The molecule has 0 aliphatic rings. The van der Waals surface area contributed by atoms with E-state index in [1.54, 1.807) is 12.1 Å². The van der Waals surface area contributed by atoms with E-state index in [0.717, 1.165) is 12.1 Å². The van der Waals surface area contributed by atoms with E-state index >= 15 is 0 Å². The van der Waals surface area contributed by atoms with Gasteiger partial charge in [0.05, 0.1) is 5.69 Å². The minimum Gasteiger partial charge on any atom is -0.350 e. The molecule has 2 aromatic rings. The van der Waals surface area contributed by atoms with Gasteiger partial charge in [-0.05, 0) is 44.2 Å². The molecule has 0 atom stereocenters. The van der Waals surface area contributed by atoms with Crippen molar-refractivity contribution in [2.24, 2.45) is 0 Å². The van der Waals surface area contributed by atoms with Crippen LogP contribution < -0.4 is 10.6 Å². The first-order valence-corrected chi connectivity index (χ1v) is 7.04. The SMILES string of the molecule is CC(C)NC(=O)c1cccc(C(=O)Nc2ccc(F)cc2F)c1. The number of hydrogen-bond donors (Lipinski definition) is 2. The number of hydrogen-bond acceptors (Lipinski definition) is 2. The zero-order chi connectivity index (χ0) is 17.0. The molecule has 2 rings (SSSR count). The lowest BCUT2D eigenvalue weighted by atomic mass is 10.1. The Morgan fingerprint density at radius 3 is 2.22 bits per heavy atom. The van der Waals surface area contributed by atoms with Crippen LogP contribution in [0, 0.1) is 11.6 Å². The highest BCUT2D eigenvalue weighted by atomic mass is 19.1. The quantitative estimate of drug-likeness (QED) is 0.908. The van der Waals surface area contributed by atoms with Gasteiger partial charge in [-0.1, -0.05) is 6.07 Å². The van der Waals surface area contributed by atoms with Crippen molar-refractivity contribution in [1.29, 1.82) is 0 Å². The molecule has 0 fully saturated rings. The lowest BCUT2D eigenvalue weighted by molar-refractivity contribution is 0.0943. The minimum absolute atomic E-state index is 0.0340. The maximum absolute atomic E-state index is 13.6. The van der Waals surface area contributed by atoms with E-state index in [1.165, 1.54) is 12.1 Å². The summed E-state index contributed by atoms with van der Waals surface area (Å²) in [5, 5.41) is 5.07. The second-order valence-corrected chi connectivity index (χ2v) is 5.29. The van der Waals surface area contributed by atoms with Gasteiger partial charge >= 0.3 is 0 Å². The minimum atomic E-state index is -0.868. The van der Waals surface area contributed by atoms with E-state index in [0.29, 0.717) is 11.6 Å². The smallest absolute Gasteiger partial charge is 0.255 e. The number of benzene rings is 2. The highest BCUT2D eigenvalue weighted by Gasteiger charge is 2.13. The molecule has 4 nitrogen and oxygen atoms in total. The average molecular weight is 318 g/mol. The monoisotopic (exact) mass is 318 g/mol. The van der Waals surface area contributed by atoms with Gasteiger partial charge in [-0.3, -0.25) is 9.59 Å². The van der Waals surface area contributed by atoms with Gasteiger partial charge in [0.25, 0.3) is 11.8 Å². The number of nitrogens with one attached hydrogen (secondary N) is 2. The Labute approximate surface area is 132 Å². The Bertz CT molecular complexity index is 745. The van der Waals surface area contributed by atoms with Gasteiger partial charge in [-0.2, -0.15) is 0 Å². The molecule has 0 aliphatic carbocycles. The van der Waals surface area contributed by atoms with E-state index in [9.17, 15) is 18.4 Å². The van der Waals surface area contributed by atoms with E-state index in [1.807, 2.05) is 13.8 Å². The van der Waals surface area contributed by atoms with E-state index < -0.39 is 17.5 Å². The Morgan fingerprint density at radius 1 is 0.957 bits per heavy atom. The van der Waals surface area contributed by atoms with Crippen molar-refractivity contribution in [1.82, 2.24) is 5.32 Å². The molecule has 2 amide bonds. The molecule has 0 heterocycles. The lowest BCUT2D eigenvalue weighted by Crippen LogP contribution is -2.30. The predicted molar refractivity (Wildman–Crippen MR) is 83.4 cm³/mol. The third-order valence-electron chi connectivity index (χ3n) is 2.99. The molecule has 6 heteroatoms. The number of rotatable bonds is 4. The maximum Gasteiger partial charge on any atom is 0.255 e. The summed E-state index contributed by atoms with van der Waals surface area (Å²) in [6, 6.07) is 8.88. The number of anilines is 1. The Balaban J connectivity index is 2.18. The lowest BCUT2D eigenvalue weighted by Gasteiger charge is -2.10. The first-order valence-electron chi connectivity index (χ1n) is 7.04. The third-order valence-corrected chi connectivity index (χ3v) is 2.99. The summed E-state index contributed by atoms with van der Waals surface area (Å²) in [4.78, 5) is 24.1. The molecule has 0 saturated carbocycles. The summed E-state index contributed by atoms with van der Waals surface area (Å²) >= 11 is 0. The second kappa shape index (κ2) is 7.00. The maximum atomic E-state index is 13.6. The molecule has 0 unspecified atom stereocenters. The molecule has 0 spiro atoms. The van der Waals surface area contributed by atoms with Crippen molar-refractivity contribution >= 4 is 17.5 Å². The summed E-state index contributed by atoms with van der Waals surface area (Å²) in [6.45, 7) is 3.65. The van der Waals surface area contributed by atoms with Crippen molar-refractivity contribution in [3.8, 4) is 0 Å². The first-order chi connectivity index (χ1) is 10.9. The van der Waals surface area contributed by atoms with Gasteiger partial charge in [0.2, 0.25) is 0 Å². The number of amides is 2. The highest BCUT2D eigenvalue weighted by molar-refractivity contribution is 6.06. The predicted octanol–water partition coefficient (Wildman–Crippen LogP) is 3.36. The molecule has 23 heavy (non-hydrogen) atoms. The van der Waals surface area contributed by atoms with Crippen LogP contribution in [0.5, 0.6) is 0 Å². The van der Waals surface area contributed by atoms with Gasteiger partial charge in [-0.25, -0.2) is 8.78 Å². The van der Waals surface area contributed by atoms with Crippen LogP contribution in [-0.2, 0) is 0 Å². The van der Waals surface area contributed by atoms with Crippen LogP contribution in [0.1, 0.15) is 34.6 Å². The molecule has 2 N–H and O–H groups in total. The number of halogens is 2. The Kier molecular flexibility index (Phi) is 5.05. The molecule has 0 bridgehead atoms. The summed E-state index contributed by atoms with van der Waals surface area (Å²) in [5.41, 5.74) is 0.393. The third kappa shape index (κ3) is 4.35. The number of carbonyl (C=O) groups excluding carboxylic acids is 2. The van der Waals surface area contributed by atoms with Crippen LogP contribution in [-0.4, -0.2) is 17.9 Å². The standard InChI is InChI=1S/C17H16F2N2O2/c1-10(2)20-16(22)11-4-3-5-12(8-11)17(23)21-15-7-6-13(18)9-14(15)19/h3-10H,1-2H3,(H,20,22)(H,21,23). The summed E-state index contributed by atoms with van der Waals surface area (Å²) in [5.74, 6) is -2.49. The average Bonchev–Trinajstić information content (AvgIpc) is 2.49. The van der Waals surface area contributed by atoms with Crippen LogP contribution in [0.3, 0.4) is 0 Å². The number of carbonyl (C=O) groups is 2. The second-order valence-electron chi connectivity index (χ2n) is 5.29. The molecule has 120 valence electrons. The summed E-state index contributed by atoms with van der Waals surface area (Å²) < 4.78 is 26.4. The fraction of sp³-hybridized carbons (Fsp3) is 0.176. The van der Waals surface area contributed by atoms with Crippen molar-refractivity contribution in [2.75, 3.05) is 5.32 Å². The van der Waals surface area contributed by atoms with Crippen LogP contribution in [0.15, 0.2) is 42.5 Å². The zero-order valence-corrected chi connectivity index (χ0v) is 12.7. The molecular weight excluding hydrogens is 302 g/mol. The highest BCUT2D eigenvalue weighted by Crippen LogP contribution is 2.16. The normalized spacial score (nSPS) is 10.5. The van der Waals surface area contributed by atoms with Crippen molar-refractivity contribution in [3.05, 3.63) is 65.2 Å². The summed E-state index contributed by atoms with van der Waals surface area (Å²) in [7, 11) is 0.